The second kappa shape index (κ2) is 9.23. The van der Waals surface area contributed by atoms with Gasteiger partial charge in [-0.05, 0) is 37.0 Å². The number of alkyl halides is 3. The van der Waals surface area contributed by atoms with E-state index in [1.165, 1.54) is 12.4 Å². The number of Topliss-reactive ketones (excluding diaryl/α,β-unsaturated/α-hetero) is 1. The number of fused-ring (bicyclic) bond motifs is 1. The van der Waals surface area contributed by atoms with Crippen LogP contribution >= 0.6 is 11.6 Å². The van der Waals surface area contributed by atoms with Crippen molar-refractivity contribution >= 4 is 39.9 Å². The van der Waals surface area contributed by atoms with Crippen molar-refractivity contribution in [3.63, 3.8) is 0 Å². The molecule has 3 aromatic rings. The number of ether oxygens (including phenoxy) is 1. The van der Waals surface area contributed by atoms with Crippen molar-refractivity contribution in [2.45, 2.75) is 25.6 Å². The Kier molecular flexibility index (Phi) is 6.40. The quantitative estimate of drug-likeness (QED) is 0.519. The number of rotatable bonds is 7. The minimum absolute atomic E-state index is 0.0160. The molecular weight excluding hydrogens is 447 g/mol. The topological polar surface area (TPSA) is 83.1 Å². The lowest BCUT2D eigenvalue weighted by molar-refractivity contribution is -0.274. The Morgan fingerprint density at radius 1 is 1.31 bits per heavy atom. The Labute approximate surface area is 186 Å². The van der Waals surface area contributed by atoms with Crippen LogP contribution in [0.25, 0.3) is 11.0 Å². The van der Waals surface area contributed by atoms with Gasteiger partial charge in [-0.1, -0.05) is 11.6 Å². The van der Waals surface area contributed by atoms with Crippen LogP contribution in [0.2, 0.25) is 5.02 Å². The molecule has 1 atom stereocenters. The summed E-state index contributed by atoms with van der Waals surface area (Å²) in [5.74, 6) is 0.529. The van der Waals surface area contributed by atoms with E-state index in [4.69, 9.17) is 11.6 Å². The SMILES string of the molecule is O=C(CNc1cc(Cl)cc(OC(F)(F)F)c1)C[C@@H]1CCCN(c2ncnc3[nH]ccc23)C1. The lowest BCUT2D eigenvalue weighted by Crippen LogP contribution is -2.37. The van der Waals surface area contributed by atoms with Gasteiger partial charge in [0.2, 0.25) is 0 Å². The van der Waals surface area contributed by atoms with Crippen LogP contribution in [0.3, 0.4) is 0 Å². The van der Waals surface area contributed by atoms with Crippen LogP contribution in [0.1, 0.15) is 19.3 Å². The highest BCUT2D eigenvalue weighted by Crippen LogP contribution is 2.30. The monoisotopic (exact) mass is 467 g/mol. The summed E-state index contributed by atoms with van der Waals surface area (Å²) in [6.07, 6.45) is 0.741. The number of halogens is 4. The Morgan fingerprint density at radius 3 is 2.97 bits per heavy atom. The Morgan fingerprint density at radius 2 is 2.16 bits per heavy atom. The summed E-state index contributed by atoms with van der Waals surface area (Å²) in [6.45, 7) is 1.53. The van der Waals surface area contributed by atoms with Gasteiger partial charge in [-0.25, -0.2) is 9.97 Å². The average molecular weight is 468 g/mol. The molecule has 1 aliphatic heterocycles. The summed E-state index contributed by atoms with van der Waals surface area (Å²) in [5, 5.41) is 3.86. The number of nitrogens with zero attached hydrogens (tertiary/aromatic N) is 3. The maximum absolute atomic E-state index is 12.5. The number of nitrogens with one attached hydrogen (secondary N) is 2. The molecule has 0 aliphatic carbocycles. The van der Waals surface area contributed by atoms with Gasteiger partial charge in [-0.2, -0.15) is 0 Å². The molecule has 2 aromatic heterocycles. The number of ketones is 1. The molecule has 0 amide bonds. The van der Waals surface area contributed by atoms with Crippen molar-refractivity contribution in [1.29, 1.82) is 0 Å². The first-order valence-electron chi connectivity index (χ1n) is 10.1. The molecule has 0 spiro atoms. The molecular formula is C21H21ClF3N5O2. The molecule has 32 heavy (non-hydrogen) atoms. The molecule has 4 rings (SSSR count). The average Bonchev–Trinajstić information content (AvgIpc) is 3.20. The van der Waals surface area contributed by atoms with E-state index in [1.807, 2.05) is 12.3 Å². The van der Waals surface area contributed by atoms with Gasteiger partial charge in [0.25, 0.3) is 0 Å². The van der Waals surface area contributed by atoms with E-state index in [0.717, 1.165) is 48.4 Å². The Hall–Kier alpha value is -3.01. The smallest absolute Gasteiger partial charge is 0.406 e. The van der Waals surface area contributed by atoms with Crippen LogP contribution in [0.5, 0.6) is 5.75 Å². The number of hydrogen-bond donors (Lipinski definition) is 2. The first-order chi connectivity index (χ1) is 15.3. The molecule has 0 unspecified atom stereocenters. The van der Waals surface area contributed by atoms with E-state index in [-0.39, 0.29) is 29.0 Å². The third-order valence-electron chi connectivity index (χ3n) is 5.26. The molecule has 2 N–H and O–H groups in total. The summed E-state index contributed by atoms with van der Waals surface area (Å²) in [6, 6.07) is 5.60. The summed E-state index contributed by atoms with van der Waals surface area (Å²) in [5.41, 5.74) is 1.05. The first-order valence-corrected chi connectivity index (χ1v) is 10.5. The molecule has 170 valence electrons. The zero-order valence-corrected chi connectivity index (χ0v) is 17.7. The molecule has 1 fully saturated rings. The molecule has 1 aliphatic rings. The lowest BCUT2D eigenvalue weighted by Gasteiger charge is -2.33. The van der Waals surface area contributed by atoms with E-state index in [0.29, 0.717) is 13.0 Å². The van der Waals surface area contributed by atoms with Gasteiger partial charge in [-0.15, -0.1) is 13.2 Å². The minimum Gasteiger partial charge on any atom is -0.406 e. The van der Waals surface area contributed by atoms with E-state index < -0.39 is 12.1 Å². The lowest BCUT2D eigenvalue weighted by atomic mass is 9.92. The van der Waals surface area contributed by atoms with Crippen LogP contribution in [0.4, 0.5) is 24.7 Å². The number of anilines is 2. The number of carbonyl (C=O) groups is 1. The summed E-state index contributed by atoms with van der Waals surface area (Å²) in [4.78, 5) is 26.4. The van der Waals surface area contributed by atoms with Gasteiger partial charge >= 0.3 is 6.36 Å². The van der Waals surface area contributed by atoms with E-state index >= 15 is 0 Å². The number of aromatic amines is 1. The second-order valence-corrected chi connectivity index (χ2v) is 8.15. The standard InChI is InChI=1S/C21H21ClF3N5O2/c22-14-7-15(9-17(8-14)32-21(23,24)25)27-10-16(31)6-13-2-1-5-30(11-13)20-18-3-4-26-19(18)28-12-29-20/h3-4,7-9,12-13,27H,1-2,5-6,10-11H2,(H,26,28,29)/t13-/m0/s1. The molecule has 7 nitrogen and oxygen atoms in total. The molecule has 0 bridgehead atoms. The van der Waals surface area contributed by atoms with Crippen molar-refractivity contribution in [3.8, 4) is 5.75 Å². The van der Waals surface area contributed by atoms with Crippen LogP contribution in [0.15, 0.2) is 36.8 Å². The maximum atomic E-state index is 12.5. The van der Waals surface area contributed by atoms with Gasteiger partial charge in [-0.3, -0.25) is 4.79 Å². The van der Waals surface area contributed by atoms with Crippen LogP contribution < -0.4 is 15.0 Å². The third kappa shape index (κ3) is 5.61. The second-order valence-electron chi connectivity index (χ2n) is 7.71. The summed E-state index contributed by atoms with van der Waals surface area (Å²) < 4.78 is 41.2. The number of piperidine rings is 1. The minimum atomic E-state index is -4.82. The highest BCUT2D eigenvalue weighted by Gasteiger charge is 2.31. The van der Waals surface area contributed by atoms with Gasteiger partial charge < -0.3 is 19.9 Å². The van der Waals surface area contributed by atoms with Gasteiger partial charge in [0.05, 0.1) is 11.9 Å². The van der Waals surface area contributed by atoms with Crippen molar-refractivity contribution < 1.29 is 22.7 Å². The van der Waals surface area contributed by atoms with Gasteiger partial charge in [0, 0.05) is 42.5 Å². The summed E-state index contributed by atoms with van der Waals surface area (Å²) in [7, 11) is 0. The fourth-order valence-electron chi connectivity index (χ4n) is 3.99. The van der Waals surface area contributed by atoms with Gasteiger partial charge in [0.1, 0.15) is 23.5 Å². The molecule has 11 heteroatoms. The number of H-pyrrole nitrogens is 1. The van der Waals surface area contributed by atoms with E-state index in [2.05, 4.69) is 29.9 Å². The first kappa shape index (κ1) is 22.2. The highest BCUT2D eigenvalue weighted by atomic mass is 35.5. The van der Waals surface area contributed by atoms with Crippen molar-refractivity contribution in [2.24, 2.45) is 5.92 Å². The number of aromatic nitrogens is 3. The van der Waals surface area contributed by atoms with Crippen LogP contribution in [0, 0.1) is 5.92 Å². The van der Waals surface area contributed by atoms with Crippen molar-refractivity contribution in [1.82, 2.24) is 15.0 Å². The molecule has 3 heterocycles. The molecule has 1 saturated heterocycles. The molecule has 0 saturated carbocycles. The fourth-order valence-corrected chi connectivity index (χ4v) is 4.21. The number of carbonyl (C=O) groups excluding carboxylic acids is 1. The zero-order valence-electron chi connectivity index (χ0n) is 17.0. The third-order valence-corrected chi connectivity index (χ3v) is 5.48. The maximum Gasteiger partial charge on any atom is 0.573 e. The van der Waals surface area contributed by atoms with Crippen LogP contribution in [-0.2, 0) is 4.79 Å². The Balaban J connectivity index is 1.34. The summed E-state index contributed by atoms with van der Waals surface area (Å²) >= 11 is 5.87. The van der Waals surface area contributed by atoms with Crippen molar-refractivity contribution in [3.05, 3.63) is 41.8 Å². The molecule has 0 radical (unpaired) electrons. The fraction of sp³-hybridized carbons (Fsp3) is 0.381. The Bertz CT molecular complexity index is 1100. The van der Waals surface area contributed by atoms with Crippen LogP contribution in [-0.4, -0.2) is 46.7 Å². The van der Waals surface area contributed by atoms with Crippen molar-refractivity contribution in [2.75, 3.05) is 29.9 Å². The largest absolute Gasteiger partial charge is 0.573 e. The zero-order chi connectivity index (χ0) is 22.7. The van der Waals surface area contributed by atoms with Gasteiger partial charge in [0.15, 0.2) is 5.78 Å². The predicted molar refractivity (Wildman–Crippen MR) is 115 cm³/mol. The van der Waals surface area contributed by atoms with E-state index in [1.54, 1.807) is 0 Å². The molecule has 1 aromatic carbocycles. The van der Waals surface area contributed by atoms with E-state index in [9.17, 15) is 18.0 Å². The predicted octanol–water partition coefficient (Wildman–Crippen LogP) is 4.80. The number of hydrogen-bond acceptors (Lipinski definition) is 6. The number of benzene rings is 1. The normalized spacial score (nSPS) is 16.9. The highest BCUT2D eigenvalue weighted by molar-refractivity contribution is 6.31.